The Kier molecular flexibility index (Phi) is 4.93. The van der Waals surface area contributed by atoms with E-state index in [2.05, 4.69) is 10.3 Å². The molecule has 1 N–H and O–H groups in total. The molecule has 2 aromatic rings. The minimum Gasteiger partial charge on any atom is -0.380 e. The zero-order valence-electron chi connectivity index (χ0n) is 12.0. The standard InChI is InChI=1S/C15H18N2O3S/c1-20-11-13-7-5-12(6-8-13)10-17-15-14(21(2,18)19)4-3-9-16-15/h3-9H,10-11H2,1-2H3,(H,16,17). The summed E-state index contributed by atoms with van der Waals surface area (Å²) in [5, 5.41) is 3.07. The Morgan fingerprint density at radius 1 is 1.14 bits per heavy atom. The van der Waals surface area contributed by atoms with Gasteiger partial charge >= 0.3 is 0 Å². The Morgan fingerprint density at radius 2 is 1.81 bits per heavy atom. The van der Waals surface area contributed by atoms with Crippen LogP contribution in [0.1, 0.15) is 11.1 Å². The van der Waals surface area contributed by atoms with Crippen molar-refractivity contribution in [3.8, 4) is 0 Å². The molecule has 0 aliphatic heterocycles. The van der Waals surface area contributed by atoms with Crippen LogP contribution in [0.5, 0.6) is 0 Å². The first-order valence-electron chi connectivity index (χ1n) is 6.46. The van der Waals surface area contributed by atoms with Gasteiger partial charge in [-0.1, -0.05) is 24.3 Å². The van der Waals surface area contributed by atoms with Gasteiger partial charge in [-0.15, -0.1) is 0 Å². The average Bonchev–Trinajstić information content (AvgIpc) is 2.46. The molecule has 112 valence electrons. The first-order valence-corrected chi connectivity index (χ1v) is 8.35. The topological polar surface area (TPSA) is 68.3 Å². The lowest BCUT2D eigenvalue weighted by Gasteiger charge is -2.10. The molecule has 2 rings (SSSR count). The molecule has 1 aromatic carbocycles. The SMILES string of the molecule is COCc1ccc(CNc2ncccc2S(C)(=O)=O)cc1. The van der Waals surface area contributed by atoms with Gasteiger partial charge in [0.05, 0.1) is 6.61 Å². The summed E-state index contributed by atoms with van der Waals surface area (Å²) in [6.45, 7) is 1.08. The zero-order chi connectivity index (χ0) is 15.3. The highest BCUT2D eigenvalue weighted by Crippen LogP contribution is 2.18. The third kappa shape index (κ3) is 4.27. The minimum absolute atomic E-state index is 0.209. The summed E-state index contributed by atoms with van der Waals surface area (Å²) in [7, 11) is -1.64. The smallest absolute Gasteiger partial charge is 0.179 e. The molecule has 5 nitrogen and oxygen atoms in total. The predicted octanol–water partition coefficient (Wildman–Crippen LogP) is 2.24. The van der Waals surface area contributed by atoms with Crippen LogP contribution < -0.4 is 5.32 Å². The van der Waals surface area contributed by atoms with Crippen molar-refractivity contribution >= 4 is 15.7 Å². The number of aromatic nitrogens is 1. The molecular weight excluding hydrogens is 288 g/mol. The number of nitrogens with one attached hydrogen (secondary N) is 1. The molecule has 6 heteroatoms. The number of ether oxygens (including phenoxy) is 1. The van der Waals surface area contributed by atoms with Gasteiger partial charge in [-0.3, -0.25) is 0 Å². The molecule has 0 fully saturated rings. The summed E-state index contributed by atoms with van der Waals surface area (Å²) >= 11 is 0. The van der Waals surface area contributed by atoms with E-state index in [4.69, 9.17) is 4.74 Å². The van der Waals surface area contributed by atoms with Crippen LogP contribution in [0.2, 0.25) is 0 Å². The van der Waals surface area contributed by atoms with Crippen LogP contribution in [0, 0.1) is 0 Å². The van der Waals surface area contributed by atoms with E-state index in [0.717, 1.165) is 11.1 Å². The van der Waals surface area contributed by atoms with Crippen molar-refractivity contribution in [2.45, 2.75) is 18.0 Å². The van der Waals surface area contributed by atoms with Crippen molar-refractivity contribution in [3.05, 3.63) is 53.7 Å². The Bertz CT molecular complexity index is 697. The molecule has 1 aromatic heterocycles. The maximum atomic E-state index is 11.7. The second-order valence-corrected chi connectivity index (χ2v) is 6.71. The maximum Gasteiger partial charge on any atom is 0.179 e. The number of sulfone groups is 1. The first kappa shape index (κ1) is 15.5. The summed E-state index contributed by atoms with van der Waals surface area (Å²) in [6, 6.07) is 11.1. The van der Waals surface area contributed by atoms with Crippen molar-refractivity contribution in [2.24, 2.45) is 0 Å². The first-order chi connectivity index (χ1) is 10.0. The third-order valence-electron chi connectivity index (χ3n) is 2.96. The van der Waals surface area contributed by atoms with Crippen LogP contribution >= 0.6 is 0 Å². The van der Waals surface area contributed by atoms with Crippen molar-refractivity contribution in [1.29, 1.82) is 0 Å². The fourth-order valence-electron chi connectivity index (χ4n) is 1.93. The quantitative estimate of drug-likeness (QED) is 0.886. The molecule has 0 aliphatic carbocycles. The Labute approximate surface area is 124 Å². The van der Waals surface area contributed by atoms with Gasteiger partial charge in [0, 0.05) is 26.1 Å². The Morgan fingerprint density at radius 3 is 2.43 bits per heavy atom. The van der Waals surface area contributed by atoms with E-state index in [1.807, 2.05) is 24.3 Å². The lowest BCUT2D eigenvalue weighted by molar-refractivity contribution is 0.185. The largest absolute Gasteiger partial charge is 0.380 e. The highest BCUT2D eigenvalue weighted by atomic mass is 32.2. The van der Waals surface area contributed by atoms with Gasteiger partial charge < -0.3 is 10.1 Å². The van der Waals surface area contributed by atoms with Gasteiger partial charge in [0.1, 0.15) is 10.7 Å². The van der Waals surface area contributed by atoms with Gasteiger partial charge in [0.25, 0.3) is 0 Å². The average molecular weight is 306 g/mol. The van der Waals surface area contributed by atoms with Gasteiger partial charge in [0.2, 0.25) is 0 Å². The molecule has 0 atom stereocenters. The maximum absolute atomic E-state index is 11.7. The molecule has 21 heavy (non-hydrogen) atoms. The molecule has 1 heterocycles. The summed E-state index contributed by atoms with van der Waals surface area (Å²) in [4.78, 5) is 4.31. The minimum atomic E-state index is -3.29. The summed E-state index contributed by atoms with van der Waals surface area (Å²) in [6.07, 6.45) is 2.74. The van der Waals surface area contributed by atoms with Crippen molar-refractivity contribution < 1.29 is 13.2 Å². The van der Waals surface area contributed by atoms with Gasteiger partial charge in [-0.25, -0.2) is 13.4 Å². The van der Waals surface area contributed by atoms with Crippen LogP contribution in [-0.4, -0.2) is 26.8 Å². The third-order valence-corrected chi connectivity index (χ3v) is 4.09. The Balaban J connectivity index is 2.10. The van der Waals surface area contributed by atoms with Gasteiger partial charge in [-0.05, 0) is 23.3 Å². The van der Waals surface area contributed by atoms with E-state index in [0.29, 0.717) is 19.0 Å². The van der Waals surface area contributed by atoms with E-state index >= 15 is 0 Å². The number of hydrogen-bond donors (Lipinski definition) is 1. The zero-order valence-corrected chi connectivity index (χ0v) is 12.9. The molecule has 0 saturated heterocycles. The number of anilines is 1. The van der Waals surface area contributed by atoms with Crippen molar-refractivity contribution in [2.75, 3.05) is 18.7 Å². The van der Waals surface area contributed by atoms with Gasteiger partial charge in [0.15, 0.2) is 9.84 Å². The predicted molar refractivity (Wildman–Crippen MR) is 81.8 cm³/mol. The number of rotatable bonds is 6. The van der Waals surface area contributed by atoms with Crippen molar-refractivity contribution in [3.63, 3.8) is 0 Å². The molecule has 0 saturated carbocycles. The molecular formula is C15H18N2O3S. The number of methoxy groups -OCH3 is 1. The van der Waals surface area contributed by atoms with E-state index in [-0.39, 0.29) is 4.90 Å². The van der Waals surface area contributed by atoms with Crippen LogP contribution in [0.3, 0.4) is 0 Å². The lowest BCUT2D eigenvalue weighted by Crippen LogP contribution is -2.07. The fraction of sp³-hybridized carbons (Fsp3) is 0.267. The highest BCUT2D eigenvalue weighted by Gasteiger charge is 2.13. The Hall–Kier alpha value is -1.92. The molecule has 0 spiro atoms. The normalized spacial score (nSPS) is 11.3. The van der Waals surface area contributed by atoms with Crippen LogP contribution in [0.4, 0.5) is 5.82 Å². The monoisotopic (exact) mass is 306 g/mol. The van der Waals surface area contributed by atoms with Gasteiger partial charge in [-0.2, -0.15) is 0 Å². The van der Waals surface area contributed by atoms with E-state index in [1.54, 1.807) is 25.4 Å². The number of hydrogen-bond acceptors (Lipinski definition) is 5. The van der Waals surface area contributed by atoms with E-state index in [9.17, 15) is 8.42 Å². The van der Waals surface area contributed by atoms with Crippen LogP contribution in [-0.2, 0) is 27.7 Å². The molecule has 0 radical (unpaired) electrons. The highest BCUT2D eigenvalue weighted by molar-refractivity contribution is 7.90. The second-order valence-electron chi connectivity index (χ2n) is 4.73. The summed E-state index contributed by atoms with van der Waals surface area (Å²) in [5.41, 5.74) is 2.14. The summed E-state index contributed by atoms with van der Waals surface area (Å²) < 4.78 is 28.4. The van der Waals surface area contributed by atoms with Crippen LogP contribution in [0.15, 0.2) is 47.5 Å². The molecule has 0 bridgehead atoms. The lowest BCUT2D eigenvalue weighted by atomic mass is 10.1. The molecule has 0 unspecified atom stereocenters. The van der Waals surface area contributed by atoms with Crippen molar-refractivity contribution in [1.82, 2.24) is 4.98 Å². The van der Waals surface area contributed by atoms with E-state index < -0.39 is 9.84 Å². The fourth-order valence-corrected chi connectivity index (χ4v) is 2.73. The van der Waals surface area contributed by atoms with E-state index in [1.165, 1.54) is 6.26 Å². The number of benzene rings is 1. The molecule has 0 amide bonds. The number of pyridine rings is 1. The van der Waals surface area contributed by atoms with Crippen LogP contribution in [0.25, 0.3) is 0 Å². The number of nitrogens with zero attached hydrogens (tertiary/aromatic N) is 1. The second kappa shape index (κ2) is 6.69. The molecule has 0 aliphatic rings. The summed E-state index contributed by atoms with van der Waals surface area (Å²) in [5.74, 6) is 0.376.